The van der Waals surface area contributed by atoms with Crippen LogP contribution < -0.4 is 22.1 Å². The van der Waals surface area contributed by atoms with Crippen LogP contribution in [0.25, 0.3) is 0 Å². The van der Waals surface area contributed by atoms with Crippen LogP contribution in [0, 0.1) is 6.92 Å². The first-order valence-corrected chi connectivity index (χ1v) is 4.23. The molecule has 1 aromatic carbocycles. The lowest BCUT2D eigenvalue weighted by atomic mass is 10.2. The number of hydrogen-bond donors (Lipinski definition) is 4. The molecule has 0 aliphatic heterocycles. The van der Waals surface area contributed by atoms with Crippen molar-refractivity contribution in [3.63, 3.8) is 0 Å². The highest BCUT2D eigenvalue weighted by molar-refractivity contribution is 5.89. The minimum atomic E-state index is -0.847. The third kappa shape index (κ3) is 3.42. The lowest BCUT2D eigenvalue weighted by molar-refractivity contribution is 0.249. The number of aryl methyl sites for hydroxylation is 1. The highest BCUT2D eigenvalue weighted by Crippen LogP contribution is 2.07. The number of nitrogens with two attached hydrogens (primary N) is 2. The molecule has 1 aromatic rings. The molecule has 0 atom stereocenters. The van der Waals surface area contributed by atoms with E-state index in [1.807, 2.05) is 19.1 Å². The fourth-order valence-electron chi connectivity index (χ4n) is 0.955. The van der Waals surface area contributed by atoms with E-state index in [4.69, 9.17) is 11.5 Å². The first-order valence-electron chi connectivity index (χ1n) is 4.23. The Morgan fingerprint density at radius 3 is 2.36 bits per heavy atom. The number of nitrogens with one attached hydrogen (secondary N) is 2. The molecule has 0 radical (unpaired) electrons. The van der Waals surface area contributed by atoms with Crippen molar-refractivity contribution in [2.45, 2.75) is 13.2 Å². The van der Waals surface area contributed by atoms with E-state index in [0.717, 1.165) is 5.56 Å². The maximum atomic E-state index is 11.1. The summed E-state index contributed by atoms with van der Waals surface area (Å²) in [5.74, 6) is 0. The van der Waals surface area contributed by atoms with Crippen LogP contribution in [0.4, 0.5) is 10.5 Å². The van der Waals surface area contributed by atoms with Crippen molar-refractivity contribution >= 4 is 11.7 Å². The van der Waals surface area contributed by atoms with E-state index in [1.54, 1.807) is 12.1 Å². The quantitative estimate of drug-likeness (QED) is 0.511. The van der Waals surface area contributed by atoms with Gasteiger partial charge in [-0.05, 0) is 19.1 Å². The Bertz CT molecular complexity index is 307. The molecule has 1 rings (SSSR count). The molecule has 0 saturated carbocycles. The van der Waals surface area contributed by atoms with E-state index in [0.29, 0.717) is 5.69 Å². The molecule has 76 valence electrons. The van der Waals surface area contributed by atoms with Gasteiger partial charge in [-0.1, -0.05) is 17.7 Å². The van der Waals surface area contributed by atoms with Crippen LogP contribution in [-0.2, 0) is 0 Å². The molecule has 0 aliphatic rings. The predicted molar refractivity (Wildman–Crippen MR) is 55.5 cm³/mol. The lowest BCUT2D eigenvalue weighted by Crippen LogP contribution is -2.49. The van der Waals surface area contributed by atoms with Gasteiger partial charge in [0.05, 0.1) is 0 Å². The molecule has 0 unspecified atom stereocenters. The van der Waals surface area contributed by atoms with Gasteiger partial charge in [0, 0.05) is 5.69 Å². The first kappa shape index (κ1) is 10.5. The van der Waals surface area contributed by atoms with Crippen molar-refractivity contribution in [3.8, 4) is 0 Å². The minimum absolute atomic E-state index is 0.413. The number of carbonyl (C=O) groups excluding carboxylic acids is 1. The van der Waals surface area contributed by atoms with E-state index < -0.39 is 12.3 Å². The summed E-state index contributed by atoms with van der Waals surface area (Å²) in [6.07, 6.45) is -0.847. The maximum absolute atomic E-state index is 11.1. The van der Waals surface area contributed by atoms with Crippen molar-refractivity contribution in [2.24, 2.45) is 11.5 Å². The summed E-state index contributed by atoms with van der Waals surface area (Å²) in [7, 11) is 0. The van der Waals surface area contributed by atoms with E-state index in [1.165, 1.54) is 0 Å². The monoisotopic (exact) mass is 194 g/mol. The van der Waals surface area contributed by atoms with Gasteiger partial charge in [0.15, 0.2) is 0 Å². The maximum Gasteiger partial charge on any atom is 0.321 e. The zero-order valence-corrected chi connectivity index (χ0v) is 7.95. The average Bonchev–Trinajstić information content (AvgIpc) is 2.07. The van der Waals surface area contributed by atoms with Gasteiger partial charge in [-0.15, -0.1) is 0 Å². The molecule has 0 bridgehead atoms. The summed E-state index contributed by atoms with van der Waals surface area (Å²) in [5.41, 5.74) is 12.2. The van der Waals surface area contributed by atoms with Gasteiger partial charge in [0.25, 0.3) is 0 Å². The van der Waals surface area contributed by atoms with Gasteiger partial charge >= 0.3 is 6.03 Å². The van der Waals surface area contributed by atoms with Crippen LogP contribution in [0.5, 0.6) is 0 Å². The molecule has 0 heterocycles. The van der Waals surface area contributed by atoms with Gasteiger partial charge in [-0.3, -0.25) is 11.5 Å². The van der Waals surface area contributed by atoms with E-state index in [-0.39, 0.29) is 0 Å². The molecule has 5 nitrogen and oxygen atoms in total. The Balaban J connectivity index is 2.52. The summed E-state index contributed by atoms with van der Waals surface area (Å²) < 4.78 is 0. The minimum Gasteiger partial charge on any atom is -0.310 e. The Morgan fingerprint density at radius 1 is 1.29 bits per heavy atom. The van der Waals surface area contributed by atoms with Gasteiger partial charge in [0.2, 0.25) is 0 Å². The number of carbonyl (C=O) groups is 1. The fraction of sp³-hybridized carbons (Fsp3) is 0.222. The summed E-state index contributed by atoms with van der Waals surface area (Å²) >= 11 is 0. The van der Waals surface area contributed by atoms with Crippen molar-refractivity contribution in [3.05, 3.63) is 29.8 Å². The number of anilines is 1. The number of amides is 2. The zero-order chi connectivity index (χ0) is 10.6. The van der Waals surface area contributed by atoms with Crippen molar-refractivity contribution in [2.75, 3.05) is 5.32 Å². The van der Waals surface area contributed by atoms with Crippen LogP contribution in [-0.4, -0.2) is 12.3 Å². The van der Waals surface area contributed by atoms with E-state index in [9.17, 15) is 4.79 Å². The van der Waals surface area contributed by atoms with Crippen LogP contribution >= 0.6 is 0 Å². The standard InChI is InChI=1S/C9H14N4O/c1-6-2-4-7(5-3-6)12-9(14)13-8(10)11/h2-5,8H,10-11H2,1H3,(H2,12,13,14). The Labute approximate surface area is 82.5 Å². The summed E-state index contributed by atoms with van der Waals surface area (Å²) in [6, 6.07) is 6.99. The second-order valence-electron chi connectivity index (χ2n) is 2.99. The van der Waals surface area contributed by atoms with Crippen molar-refractivity contribution in [1.29, 1.82) is 0 Å². The molecule has 0 aromatic heterocycles. The lowest BCUT2D eigenvalue weighted by Gasteiger charge is -2.09. The smallest absolute Gasteiger partial charge is 0.310 e. The van der Waals surface area contributed by atoms with Gasteiger partial charge in [-0.25, -0.2) is 4.79 Å². The van der Waals surface area contributed by atoms with Gasteiger partial charge in [0.1, 0.15) is 6.29 Å². The molecule has 0 spiro atoms. The number of hydrogen-bond acceptors (Lipinski definition) is 3. The molecular formula is C9H14N4O. The Morgan fingerprint density at radius 2 is 1.86 bits per heavy atom. The highest BCUT2D eigenvalue weighted by atomic mass is 16.2. The second kappa shape index (κ2) is 4.59. The topological polar surface area (TPSA) is 93.2 Å². The Hall–Kier alpha value is -1.59. The summed E-state index contributed by atoms with van der Waals surface area (Å²) in [6.45, 7) is 1.97. The molecule has 0 aliphatic carbocycles. The van der Waals surface area contributed by atoms with Crippen LogP contribution in [0.3, 0.4) is 0 Å². The first-order chi connectivity index (χ1) is 6.58. The zero-order valence-electron chi connectivity index (χ0n) is 7.95. The predicted octanol–water partition coefficient (Wildman–Crippen LogP) is 0.318. The van der Waals surface area contributed by atoms with Crippen molar-refractivity contribution in [1.82, 2.24) is 5.32 Å². The molecule has 6 N–H and O–H groups in total. The fourth-order valence-corrected chi connectivity index (χ4v) is 0.955. The van der Waals surface area contributed by atoms with Crippen LogP contribution in [0.2, 0.25) is 0 Å². The average molecular weight is 194 g/mol. The SMILES string of the molecule is Cc1ccc(NC(=O)NC(N)N)cc1. The molecule has 2 amide bonds. The third-order valence-corrected chi connectivity index (χ3v) is 1.61. The van der Waals surface area contributed by atoms with E-state index >= 15 is 0 Å². The summed E-state index contributed by atoms with van der Waals surface area (Å²) in [4.78, 5) is 11.1. The Kier molecular flexibility index (Phi) is 3.44. The highest BCUT2D eigenvalue weighted by Gasteiger charge is 2.02. The second-order valence-corrected chi connectivity index (χ2v) is 2.99. The normalized spacial score (nSPS) is 10.0. The van der Waals surface area contributed by atoms with Gasteiger partial charge in [-0.2, -0.15) is 0 Å². The van der Waals surface area contributed by atoms with Crippen molar-refractivity contribution < 1.29 is 4.79 Å². The molecular weight excluding hydrogens is 180 g/mol. The van der Waals surface area contributed by atoms with E-state index in [2.05, 4.69) is 10.6 Å². The van der Waals surface area contributed by atoms with Crippen LogP contribution in [0.15, 0.2) is 24.3 Å². The molecule has 0 fully saturated rings. The molecule has 14 heavy (non-hydrogen) atoms. The number of urea groups is 1. The molecule has 0 saturated heterocycles. The van der Waals surface area contributed by atoms with Gasteiger partial charge < -0.3 is 10.6 Å². The number of rotatable bonds is 2. The molecule has 5 heteroatoms. The largest absolute Gasteiger partial charge is 0.321 e. The number of benzene rings is 1. The van der Waals surface area contributed by atoms with Crippen LogP contribution in [0.1, 0.15) is 5.56 Å². The third-order valence-electron chi connectivity index (χ3n) is 1.61. The summed E-state index contributed by atoms with van der Waals surface area (Å²) in [5, 5.41) is 4.90.